The van der Waals surface area contributed by atoms with Crippen molar-refractivity contribution in [2.24, 2.45) is 0 Å². The zero-order valence-corrected chi connectivity index (χ0v) is 17.7. The van der Waals surface area contributed by atoms with Gasteiger partial charge in [0.15, 0.2) is 0 Å². The lowest BCUT2D eigenvalue weighted by Crippen LogP contribution is -2.28. The van der Waals surface area contributed by atoms with E-state index < -0.39 is 22.0 Å². The summed E-state index contributed by atoms with van der Waals surface area (Å²) in [6.45, 7) is 3.06. The molecule has 0 spiro atoms. The number of hydrogen-bond acceptors (Lipinski definition) is 4. The van der Waals surface area contributed by atoms with Gasteiger partial charge in [-0.3, -0.25) is 14.3 Å². The Labute approximate surface area is 173 Å². The maximum absolute atomic E-state index is 12.8. The standard InChI is InChI=1S/C18H19Cl2N3O4S/c1-10(14-6-4-12(19)8-16(14)20)21-18(25)15-9-13(22-11(2)24)5-7-17(15)23-28(3,26)27/h4-10,23H,1-3H3,(H,21,25)(H,22,24). The van der Waals surface area contributed by atoms with E-state index in [4.69, 9.17) is 23.2 Å². The Hall–Kier alpha value is -2.29. The maximum atomic E-state index is 12.8. The Kier molecular flexibility index (Phi) is 6.92. The van der Waals surface area contributed by atoms with E-state index in [1.165, 1.54) is 25.1 Å². The van der Waals surface area contributed by atoms with Crippen LogP contribution in [0.1, 0.15) is 35.8 Å². The van der Waals surface area contributed by atoms with Crippen molar-refractivity contribution in [1.29, 1.82) is 0 Å². The van der Waals surface area contributed by atoms with Gasteiger partial charge in [-0.15, -0.1) is 0 Å². The van der Waals surface area contributed by atoms with Gasteiger partial charge in [0.25, 0.3) is 5.91 Å². The third-order valence-corrected chi connectivity index (χ3v) is 4.81. The number of rotatable bonds is 6. The maximum Gasteiger partial charge on any atom is 0.253 e. The minimum Gasteiger partial charge on any atom is -0.345 e. The molecule has 2 aromatic carbocycles. The number of carbonyl (C=O) groups excluding carboxylic acids is 2. The Bertz CT molecular complexity index is 1030. The van der Waals surface area contributed by atoms with Gasteiger partial charge in [-0.25, -0.2) is 8.42 Å². The summed E-state index contributed by atoms with van der Waals surface area (Å²) in [5.41, 5.74) is 1.14. The lowest BCUT2D eigenvalue weighted by molar-refractivity contribution is -0.114. The van der Waals surface area contributed by atoms with Gasteiger partial charge in [-0.1, -0.05) is 29.3 Å². The molecule has 0 aromatic heterocycles. The van der Waals surface area contributed by atoms with Crippen LogP contribution >= 0.6 is 23.2 Å². The number of hydrogen-bond donors (Lipinski definition) is 3. The molecule has 0 saturated carbocycles. The van der Waals surface area contributed by atoms with Crippen LogP contribution in [0.15, 0.2) is 36.4 Å². The highest BCUT2D eigenvalue weighted by Crippen LogP contribution is 2.27. The summed E-state index contributed by atoms with van der Waals surface area (Å²) < 4.78 is 25.5. The molecule has 0 heterocycles. The van der Waals surface area contributed by atoms with Crippen molar-refractivity contribution in [1.82, 2.24) is 5.32 Å². The molecule has 0 bridgehead atoms. The van der Waals surface area contributed by atoms with E-state index in [-0.39, 0.29) is 17.2 Å². The fourth-order valence-corrected chi connectivity index (χ4v) is 3.66. The lowest BCUT2D eigenvalue weighted by Gasteiger charge is -2.18. The zero-order valence-electron chi connectivity index (χ0n) is 15.3. The zero-order chi connectivity index (χ0) is 21.1. The van der Waals surface area contributed by atoms with E-state index in [0.717, 1.165) is 6.26 Å². The summed E-state index contributed by atoms with van der Waals surface area (Å²) in [5.74, 6) is -0.867. The molecular weight excluding hydrogens is 425 g/mol. The van der Waals surface area contributed by atoms with Gasteiger partial charge in [-0.2, -0.15) is 0 Å². The first-order valence-corrected chi connectivity index (χ1v) is 10.8. The quantitative estimate of drug-likeness (QED) is 0.630. The number of amides is 2. The molecule has 2 amide bonds. The van der Waals surface area contributed by atoms with Crippen LogP contribution in [-0.2, 0) is 14.8 Å². The topological polar surface area (TPSA) is 104 Å². The molecule has 28 heavy (non-hydrogen) atoms. The number of halogens is 2. The molecule has 0 saturated heterocycles. The molecule has 0 aliphatic rings. The van der Waals surface area contributed by atoms with E-state index in [1.54, 1.807) is 25.1 Å². The molecule has 7 nitrogen and oxygen atoms in total. The smallest absolute Gasteiger partial charge is 0.253 e. The molecule has 1 unspecified atom stereocenters. The van der Waals surface area contributed by atoms with Gasteiger partial charge in [0.2, 0.25) is 15.9 Å². The van der Waals surface area contributed by atoms with Crippen molar-refractivity contribution in [3.8, 4) is 0 Å². The largest absolute Gasteiger partial charge is 0.345 e. The normalized spacial score (nSPS) is 12.2. The van der Waals surface area contributed by atoms with E-state index in [9.17, 15) is 18.0 Å². The Balaban J connectivity index is 2.36. The molecule has 1 atom stereocenters. The van der Waals surface area contributed by atoms with Crippen LogP contribution in [0.25, 0.3) is 0 Å². The fraction of sp³-hybridized carbons (Fsp3) is 0.222. The predicted octanol–water partition coefficient (Wildman–Crippen LogP) is 3.81. The highest BCUT2D eigenvalue weighted by Gasteiger charge is 2.19. The average molecular weight is 444 g/mol. The molecule has 0 radical (unpaired) electrons. The van der Waals surface area contributed by atoms with Crippen molar-refractivity contribution in [3.05, 3.63) is 57.6 Å². The highest BCUT2D eigenvalue weighted by molar-refractivity contribution is 7.92. The minimum absolute atomic E-state index is 0.0496. The summed E-state index contributed by atoms with van der Waals surface area (Å²) in [6, 6.07) is 8.72. The molecule has 3 N–H and O–H groups in total. The number of nitrogens with one attached hydrogen (secondary N) is 3. The van der Waals surface area contributed by atoms with Gasteiger partial charge in [0, 0.05) is 22.7 Å². The number of benzene rings is 2. The third-order valence-electron chi connectivity index (χ3n) is 3.66. The second-order valence-corrected chi connectivity index (χ2v) is 8.77. The van der Waals surface area contributed by atoms with E-state index in [0.29, 0.717) is 21.3 Å². The Morgan fingerprint density at radius 2 is 1.75 bits per heavy atom. The van der Waals surface area contributed by atoms with Crippen molar-refractivity contribution < 1.29 is 18.0 Å². The third kappa shape index (κ3) is 6.12. The van der Waals surface area contributed by atoms with Gasteiger partial charge in [0.05, 0.1) is 23.5 Å². The molecule has 10 heteroatoms. The number of sulfonamides is 1. The predicted molar refractivity (Wildman–Crippen MR) is 112 cm³/mol. The summed E-state index contributed by atoms with van der Waals surface area (Å²) in [4.78, 5) is 24.1. The van der Waals surface area contributed by atoms with E-state index >= 15 is 0 Å². The highest BCUT2D eigenvalue weighted by atomic mass is 35.5. The lowest BCUT2D eigenvalue weighted by atomic mass is 10.1. The van der Waals surface area contributed by atoms with E-state index in [2.05, 4.69) is 15.4 Å². The Morgan fingerprint density at radius 1 is 1.07 bits per heavy atom. The first-order valence-electron chi connectivity index (χ1n) is 8.11. The molecule has 0 fully saturated rings. The summed E-state index contributed by atoms with van der Waals surface area (Å²) >= 11 is 12.1. The van der Waals surface area contributed by atoms with Gasteiger partial charge < -0.3 is 10.6 Å². The second kappa shape index (κ2) is 8.81. The summed E-state index contributed by atoms with van der Waals surface area (Å²) in [6.07, 6.45) is 0.979. The molecular formula is C18H19Cl2N3O4S. The number of carbonyl (C=O) groups is 2. The molecule has 2 aromatic rings. The van der Waals surface area contributed by atoms with Crippen LogP contribution in [0.4, 0.5) is 11.4 Å². The summed E-state index contributed by atoms with van der Waals surface area (Å²) in [5, 5.41) is 6.18. The molecule has 0 aliphatic heterocycles. The van der Waals surface area contributed by atoms with Crippen LogP contribution in [-0.4, -0.2) is 26.5 Å². The van der Waals surface area contributed by atoms with Crippen molar-refractivity contribution in [2.75, 3.05) is 16.3 Å². The summed E-state index contributed by atoms with van der Waals surface area (Å²) in [7, 11) is -3.61. The Morgan fingerprint density at radius 3 is 2.32 bits per heavy atom. The SMILES string of the molecule is CC(=O)Nc1ccc(NS(C)(=O)=O)c(C(=O)NC(C)c2ccc(Cl)cc2Cl)c1. The van der Waals surface area contributed by atoms with Crippen molar-refractivity contribution in [3.63, 3.8) is 0 Å². The monoisotopic (exact) mass is 443 g/mol. The number of anilines is 2. The second-order valence-electron chi connectivity index (χ2n) is 6.18. The van der Waals surface area contributed by atoms with Crippen molar-refractivity contribution in [2.45, 2.75) is 19.9 Å². The molecule has 0 aliphatic carbocycles. The average Bonchev–Trinajstić information content (AvgIpc) is 2.54. The first kappa shape index (κ1) is 22.0. The fourth-order valence-electron chi connectivity index (χ4n) is 2.51. The van der Waals surface area contributed by atoms with Gasteiger partial charge in [0.1, 0.15) is 0 Å². The van der Waals surface area contributed by atoms with Crippen molar-refractivity contribution >= 4 is 56.4 Å². The van der Waals surface area contributed by atoms with Gasteiger partial charge >= 0.3 is 0 Å². The first-order chi connectivity index (χ1) is 13.0. The van der Waals surface area contributed by atoms with Crippen LogP contribution in [0.5, 0.6) is 0 Å². The van der Waals surface area contributed by atoms with E-state index in [1.807, 2.05) is 0 Å². The van der Waals surface area contributed by atoms with Gasteiger partial charge in [-0.05, 0) is 42.8 Å². The van der Waals surface area contributed by atoms with Crippen LogP contribution < -0.4 is 15.4 Å². The molecule has 150 valence electrons. The molecule has 2 rings (SSSR count). The van der Waals surface area contributed by atoms with Crippen LogP contribution in [0.3, 0.4) is 0 Å². The minimum atomic E-state index is -3.61. The van der Waals surface area contributed by atoms with Crippen LogP contribution in [0, 0.1) is 0 Å². The van der Waals surface area contributed by atoms with Crippen LogP contribution in [0.2, 0.25) is 10.0 Å².